The number of hydrogen-bond donors (Lipinski definition) is 4. The molecule has 0 aromatic carbocycles. The fourth-order valence-corrected chi connectivity index (χ4v) is 2.68. The molecular weight excluding hydrogens is 332 g/mol. The van der Waals surface area contributed by atoms with Crippen LogP contribution in [-0.4, -0.2) is 70.6 Å². The first-order chi connectivity index (χ1) is 11.6. The summed E-state index contributed by atoms with van der Waals surface area (Å²) < 4.78 is 6.03. The number of amides is 2. The van der Waals surface area contributed by atoms with E-state index < -0.39 is 18.0 Å². The maximum atomic E-state index is 10.6. The van der Waals surface area contributed by atoms with Gasteiger partial charge in [0.05, 0.1) is 17.4 Å². The largest absolute Gasteiger partial charge is 0.478 e. The molecule has 10 heteroatoms. The van der Waals surface area contributed by atoms with Gasteiger partial charge in [-0.1, -0.05) is 0 Å². The first kappa shape index (κ1) is 20.6. The van der Waals surface area contributed by atoms with E-state index in [0.717, 1.165) is 38.1 Å². The van der Waals surface area contributed by atoms with Gasteiger partial charge in [-0.3, -0.25) is 0 Å². The number of hydrazone groups is 1. The zero-order chi connectivity index (χ0) is 19.0. The lowest BCUT2D eigenvalue weighted by Crippen LogP contribution is -2.42. The van der Waals surface area contributed by atoms with Crippen molar-refractivity contribution in [3.05, 3.63) is 12.2 Å². The third kappa shape index (κ3) is 7.31. The number of rotatable bonds is 3. The van der Waals surface area contributed by atoms with Gasteiger partial charge in [0.1, 0.15) is 0 Å². The van der Waals surface area contributed by atoms with E-state index in [2.05, 4.69) is 22.5 Å². The number of nitrogens with two attached hydrogens (primary N) is 1. The van der Waals surface area contributed by atoms with Gasteiger partial charge in [0.15, 0.2) is 0 Å². The van der Waals surface area contributed by atoms with Crippen LogP contribution >= 0.6 is 0 Å². The maximum absolute atomic E-state index is 10.6. The number of aliphatic carboxylic acids is 2. The molecule has 1 unspecified atom stereocenters. The number of hydrogen-bond acceptors (Lipinski definition) is 6. The zero-order valence-corrected chi connectivity index (χ0v) is 14.3. The summed E-state index contributed by atoms with van der Waals surface area (Å²) in [5.41, 5.74) is 8.09. The smallest absolute Gasteiger partial charge is 0.332 e. The SMILES string of the molecule is CC1OC2(CCN(C)CC2)CC1=NNC(N)=O.O=C(O)/C=C\C(=O)O. The van der Waals surface area contributed by atoms with Crippen molar-refractivity contribution in [2.24, 2.45) is 10.8 Å². The number of likely N-dealkylation sites (tertiary alicyclic amines) is 1. The lowest BCUT2D eigenvalue weighted by atomic mass is 9.88. The second-order valence-electron chi connectivity index (χ2n) is 6.01. The molecule has 140 valence electrons. The average Bonchev–Trinajstić information content (AvgIpc) is 2.83. The number of carbonyl (C=O) groups excluding carboxylic acids is 1. The quantitative estimate of drug-likeness (QED) is 0.409. The van der Waals surface area contributed by atoms with E-state index in [4.69, 9.17) is 20.7 Å². The molecule has 1 atom stereocenters. The Hall–Kier alpha value is -2.46. The molecule has 2 aliphatic rings. The van der Waals surface area contributed by atoms with Crippen molar-refractivity contribution in [3.63, 3.8) is 0 Å². The Labute approximate surface area is 145 Å². The summed E-state index contributed by atoms with van der Waals surface area (Å²) in [4.78, 5) is 32.0. The normalized spacial score (nSPS) is 24.1. The number of nitrogens with one attached hydrogen (secondary N) is 1. The van der Waals surface area contributed by atoms with Crippen molar-refractivity contribution in [2.45, 2.75) is 37.9 Å². The third-order valence-corrected chi connectivity index (χ3v) is 3.98. The Morgan fingerprint density at radius 2 is 1.80 bits per heavy atom. The van der Waals surface area contributed by atoms with Gasteiger partial charge >= 0.3 is 18.0 Å². The minimum atomic E-state index is -1.26. The van der Waals surface area contributed by atoms with Crippen LogP contribution < -0.4 is 11.2 Å². The number of piperidine rings is 1. The van der Waals surface area contributed by atoms with Crippen molar-refractivity contribution in [1.29, 1.82) is 0 Å². The van der Waals surface area contributed by atoms with E-state index >= 15 is 0 Å². The number of ether oxygens (including phenoxy) is 1. The summed E-state index contributed by atoms with van der Waals surface area (Å²) in [5, 5.41) is 19.7. The van der Waals surface area contributed by atoms with Crippen molar-refractivity contribution < 1.29 is 29.3 Å². The fraction of sp³-hybridized carbons (Fsp3) is 0.600. The summed E-state index contributed by atoms with van der Waals surface area (Å²) in [6.45, 7) is 4.06. The highest BCUT2D eigenvalue weighted by molar-refractivity contribution is 5.92. The van der Waals surface area contributed by atoms with E-state index in [0.29, 0.717) is 12.2 Å². The van der Waals surface area contributed by atoms with Crippen molar-refractivity contribution >= 4 is 23.7 Å². The summed E-state index contributed by atoms with van der Waals surface area (Å²) in [6.07, 6.45) is 3.91. The van der Waals surface area contributed by atoms with E-state index in [9.17, 15) is 14.4 Å². The lowest BCUT2D eigenvalue weighted by molar-refractivity contribution is -0.134. The topological polar surface area (TPSA) is 155 Å². The van der Waals surface area contributed by atoms with Gasteiger partial charge in [-0.25, -0.2) is 19.8 Å². The summed E-state index contributed by atoms with van der Waals surface area (Å²) in [7, 11) is 2.12. The molecule has 1 spiro atoms. The Kier molecular flexibility index (Phi) is 7.52. The number of carboxylic acids is 2. The zero-order valence-electron chi connectivity index (χ0n) is 14.3. The predicted octanol–water partition coefficient (Wildman–Crippen LogP) is -0.00430. The number of primary amides is 1. The van der Waals surface area contributed by atoms with Crippen LogP contribution in [0.2, 0.25) is 0 Å². The van der Waals surface area contributed by atoms with Crippen LogP contribution in [0.4, 0.5) is 4.79 Å². The van der Waals surface area contributed by atoms with E-state index in [1.54, 1.807) is 0 Å². The molecule has 0 aromatic heterocycles. The molecule has 10 nitrogen and oxygen atoms in total. The van der Waals surface area contributed by atoms with E-state index in [1.807, 2.05) is 6.92 Å². The van der Waals surface area contributed by atoms with E-state index in [-0.39, 0.29) is 11.7 Å². The summed E-state index contributed by atoms with van der Waals surface area (Å²) in [6, 6.07) is -0.631. The van der Waals surface area contributed by atoms with Crippen molar-refractivity contribution in [2.75, 3.05) is 20.1 Å². The minimum absolute atomic E-state index is 0.0368. The molecule has 2 rings (SSSR count). The van der Waals surface area contributed by atoms with Gasteiger partial charge in [-0.05, 0) is 26.8 Å². The van der Waals surface area contributed by atoms with Gasteiger partial charge in [0.2, 0.25) is 0 Å². The second kappa shape index (κ2) is 9.14. The molecule has 2 fully saturated rings. The molecule has 2 heterocycles. The van der Waals surface area contributed by atoms with Crippen LogP contribution in [0.25, 0.3) is 0 Å². The second-order valence-corrected chi connectivity index (χ2v) is 6.01. The highest BCUT2D eigenvalue weighted by Gasteiger charge is 2.44. The number of urea groups is 1. The molecule has 2 aliphatic heterocycles. The fourth-order valence-electron chi connectivity index (χ4n) is 2.68. The van der Waals surface area contributed by atoms with Crippen molar-refractivity contribution in [1.82, 2.24) is 10.3 Å². The monoisotopic (exact) mass is 356 g/mol. The number of carbonyl (C=O) groups is 3. The lowest BCUT2D eigenvalue weighted by Gasteiger charge is -2.36. The summed E-state index contributed by atoms with van der Waals surface area (Å²) in [5.74, 6) is -2.51. The highest BCUT2D eigenvalue weighted by Crippen LogP contribution is 2.37. The third-order valence-electron chi connectivity index (χ3n) is 3.98. The molecule has 2 amide bonds. The number of carboxylic acid groups (broad SMARTS) is 2. The molecule has 25 heavy (non-hydrogen) atoms. The Balaban J connectivity index is 0.000000333. The summed E-state index contributed by atoms with van der Waals surface area (Å²) >= 11 is 0. The molecular formula is C15H24N4O6. The van der Waals surface area contributed by atoms with Gasteiger partial charge in [0, 0.05) is 31.7 Å². The van der Waals surface area contributed by atoms with Gasteiger partial charge < -0.3 is 25.6 Å². The van der Waals surface area contributed by atoms with E-state index in [1.165, 1.54) is 0 Å². The molecule has 0 aromatic rings. The highest BCUT2D eigenvalue weighted by atomic mass is 16.5. The molecule has 0 bridgehead atoms. The Morgan fingerprint density at radius 1 is 1.28 bits per heavy atom. The molecule has 5 N–H and O–H groups in total. The molecule has 0 aliphatic carbocycles. The van der Waals surface area contributed by atoms with Crippen LogP contribution in [0.3, 0.4) is 0 Å². The predicted molar refractivity (Wildman–Crippen MR) is 89.2 cm³/mol. The van der Waals surface area contributed by atoms with Crippen LogP contribution in [-0.2, 0) is 14.3 Å². The van der Waals surface area contributed by atoms with Gasteiger partial charge in [-0.15, -0.1) is 0 Å². The van der Waals surface area contributed by atoms with Crippen LogP contribution in [0.15, 0.2) is 17.3 Å². The Bertz CT molecular complexity index is 550. The van der Waals surface area contributed by atoms with Crippen LogP contribution in [0.5, 0.6) is 0 Å². The number of nitrogens with zero attached hydrogens (tertiary/aromatic N) is 2. The maximum Gasteiger partial charge on any atom is 0.332 e. The van der Waals surface area contributed by atoms with Crippen LogP contribution in [0, 0.1) is 0 Å². The standard InChI is InChI=1S/C11H20N4O2.C4H4O4/c1-8-9(13-14-10(12)16)7-11(17-8)3-5-15(2)6-4-11;5-3(6)1-2-4(7)8/h8H,3-7H2,1-2H3,(H3,12,14,16);1-2H,(H,5,6)(H,7,8)/b;2-1-. The minimum Gasteiger partial charge on any atom is -0.478 e. The van der Waals surface area contributed by atoms with Gasteiger partial charge in [0.25, 0.3) is 0 Å². The first-order valence-corrected chi connectivity index (χ1v) is 7.76. The van der Waals surface area contributed by atoms with Crippen molar-refractivity contribution in [3.8, 4) is 0 Å². The Morgan fingerprint density at radius 3 is 2.24 bits per heavy atom. The first-order valence-electron chi connectivity index (χ1n) is 7.76. The molecule has 0 radical (unpaired) electrons. The molecule has 0 saturated carbocycles. The van der Waals surface area contributed by atoms with Gasteiger partial charge in [-0.2, -0.15) is 5.10 Å². The van der Waals surface area contributed by atoms with Crippen LogP contribution in [0.1, 0.15) is 26.2 Å². The molecule has 2 saturated heterocycles. The average molecular weight is 356 g/mol.